The summed E-state index contributed by atoms with van der Waals surface area (Å²) in [4.78, 5) is 0. The highest BCUT2D eigenvalue weighted by molar-refractivity contribution is 5.78. The molecule has 0 radical (unpaired) electrons. The Morgan fingerprint density at radius 3 is 2.24 bits per heavy atom. The second kappa shape index (κ2) is 5.38. The lowest BCUT2D eigenvalue weighted by molar-refractivity contribution is 0.192. The molecule has 0 bridgehead atoms. The predicted molar refractivity (Wildman–Crippen MR) is 85.5 cm³/mol. The molecule has 0 fully saturated rings. The van der Waals surface area contributed by atoms with Crippen LogP contribution in [0.2, 0.25) is 0 Å². The van der Waals surface area contributed by atoms with Gasteiger partial charge in [-0.3, -0.25) is 0 Å². The zero-order valence-corrected chi connectivity index (χ0v) is 12.6. The molecule has 0 aliphatic rings. The van der Waals surface area contributed by atoms with Crippen LogP contribution >= 0.6 is 0 Å². The normalized spacial score (nSPS) is 13.0. The monoisotopic (exact) mass is 280 g/mol. The molecule has 3 rings (SSSR count). The largest absolute Gasteiger partial charge is 0.458 e. The van der Waals surface area contributed by atoms with E-state index in [-0.39, 0.29) is 0 Å². The SMILES string of the molecule is Cc1ccc2oc(C(O)c3ccc(C(C)C)cc3)cc2c1. The number of aliphatic hydroxyl groups is 1. The van der Waals surface area contributed by atoms with Crippen LogP contribution in [0.1, 0.15) is 48.3 Å². The maximum absolute atomic E-state index is 10.5. The van der Waals surface area contributed by atoms with Gasteiger partial charge in [0.25, 0.3) is 0 Å². The van der Waals surface area contributed by atoms with E-state index in [1.54, 1.807) is 0 Å². The van der Waals surface area contributed by atoms with Crippen LogP contribution in [-0.2, 0) is 0 Å². The van der Waals surface area contributed by atoms with Gasteiger partial charge in [-0.1, -0.05) is 49.7 Å². The molecule has 1 unspecified atom stereocenters. The van der Waals surface area contributed by atoms with Crippen LogP contribution in [0.3, 0.4) is 0 Å². The summed E-state index contributed by atoms with van der Waals surface area (Å²) in [5, 5.41) is 11.5. The minimum absolute atomic E-state index is 0.491. The lowest BCUT2D eigenvalue weighted by Gasteiger charge is -2.10. The smallest absolute Gasteiger partial charge is 0.138 e. The first kappa shape index (κ1) is 13.9. The molecule has 2 heteroatoms. The van der Waals surface area contributed by atoms with E-state index in [1.807, 2.05) is 37.3 Å². The van der Waals surface area contributed by atoms with Crippen molar-refractivity contribution in [3.63, 3.8) is 0 Å². The van der Waals surface area contributed by atoms with Crippen molar-refractivity contribution in [2.24, 2.45) is 0 Å². The third kappa shape index (κ3) is 2.72. The van der Waals surface area contributed by atoms with Crippen molar-refractivity contribution in [2.75, 3.05) is 0 Å². The zero-order chi connectivity index (χ0) is 15.0. The first-order chi connectivity index (χ1) is 10.0. The van der Waals surface area contributed by atoms with E-state index >= 15 is 0 Å². The average Bonchev–Trinajstić information content (AvgIpc) is 2.89. The second-order valence-electron chi connectivity index (χ2n) is 5.91. The summed E-state index contributed by atoms with van der Waals surface area (Å²) < 4.78 is 5.77. The van der Waals surface area contributed by atoms with Gasteiger partial charge in [0.15, 0.2) is 0 Å². The molecular weight excluding hydrogens is 260 g/mol. The molecule has 0 aliphatic heterocycles. The number of fused-ring (bicyclic) bond motifs is 1. The fraction of sp³-hybridized carbons (Fsp3) is 0.263. The number of furan rings is 1. The van der Waals surface area contributed by atoms with Gasteiger partial charge in [-0.2, -0.15) is 0 Å². The fourth-order valence-corrected chi connectivity index (χ4v) is 2.55. The van der Waals surface area contributed by atoms with Gasteiger partial charge in [0.2, 0.25) is 0 Å². The van der Waals surface area contributed by atoms with E-state index in [0.29, 0.717) is 11.7 Å². The van der Waals surface area contributed by atoms with Crippen LogP contribution in [0.4, 0.5) is 0 Å². The third-order valence-corrected chi connectivity index (χ3v) is 3.88. The summed E-state index contributed by atoms with van der Waals surface area (Å²) in [5.74, 6) is 1.08. The Balaban J connectivity index is 1.93. The molecule has 1 atom stereocenters. The first-order valence-electron chi connectivity index (χ1n) is 7.32. The standard InChI is InChI=1S/C19H20O2/c1-12(2)14-5-7-15(8-6-14)19(20)18-11-16-10-13(3)4-9-17(16)21-18/h4-12,19-20H,1-3H3. The van der Waals surface area contributed by atoms with E-state index in [1.165, 1.54) is 11.1 Å². The fourth-order valence-electron chi connectivity index (χ4n) is 2.55. The molecule has 1 aromatic heterocycles. The number of aryl methyl sites for hydroxylation is 1. The summed E-state index contributed by atoms with van der Waals surface area (Å²) in [5.41, 5.74) is 4.13. The summed E-state index contributed by atoms with van der Waals surface area (Å²) in [6.45, 7) is 6.37. The zero-order valence-electron chi connectivity index (χ0n) is 12.6. The first-order valence-corrected chi connectivity index (χ1v) is 7.32. The highest BCUT2D eigenvalue weighted by Crippen LogP contribution is 2.29. The number of hydrogen-bond acceptors (Lipinski definition) is 2. The maximum Gasteiger partial charge on any atom is 0.138 e. The van der Waals surface area contributed by atoms with Gasteiger partial charge in [-0.05, 0) is 42.2 Å². The van der Waals surface area contributed by atoms with E-state index in [2.05, 4.69) is 32.0 Å². The van der Waals surface area contributed by atoms with E-state index in [0.717, 1.165) is 16.5 Å². The lowest BCUT2D eigenvalue weighted by atomic mass is 9.99. The van der Waals surface area contributed by atoms with Gasteiger partial charge in [0.05, 0.1) is 0 Å². The van der Waals surface area contributed by atoms with E-state index in [4.69, 9.17) is 4.42 Å². The second-order valence-corrected chi connectivity index (χ2v) is 5.91. The molecule has 0 aliphatic carbocycles. The molecular formula is C19H20O2. The molecule has 0 amide bonds. The van der Waals surface area contributed by atoms with Gasteiger partial charge < -0.3 is 9.52 Å². The van der Waals surface area contributed by atoms with E-state index in [9.17, 15) is 5.11 Å². The van der Waals surface area contributed by atoms with Crippen LogP contribution in [0.5, 0.6) is 0 Å². The molecule has 2 nitrogen and oxygen atoms in total. The summed E-state index contributed by atoms with van der Waals surface area (Å²) in [6, 6.07) is 16.0. The van der Waals surface area contributed by atoms with Crippen molar-refractivity contribution in [3.05, 3.63) is 71.0 Å². The number of rotatable bonds is 3. The molecule has 1 heterocycles. The van der Waals surface area contributed by atoms with Crippen molar-refractivity contribution < 1.29 is 9.52 Å². The van der Waals surface area contributed by atoms with Crippen molar-refractivity contribution in [3.8, 4) is 0 Å². The van der Waals surface area contributed by atoms with Crippen LogP contribution < -0.4 is 0 Å². The molecule has 0 saturated carbocycles. The molecule has 21 heavy (non-hydrogen) atoms. The molecule has 3 aromatic rings. The number of hydrogen-bond donors (Lipinski definition) is 1. The highest BCUT2D eigenvalue weighted by Gasteiger charge is 2.15. The minimum Gasteiger partial charge on any atom is -0.458 e. The third-order valence-electron chi connectivity index (χ3n) is 3.88. The Morgan fingerprint density at radius 2 is 1.57 bits per heavy atom. The molecule has 108 valence electrons. The maximum atomic E-state index is 10.5. The van der Waals surface area contributed by atoms with Crippen LogP contribution in [0.25, 0.3) is 11.0 Å². The van der Waals surface area contributed by atoms with Crippen molar-refractivity contribution >= 4 is 11.0 Å². The number of aliphatic hydroxyl groups excluding tert-OH is 1. The molecule has 0 spiro atoms. The van der Waals surface area contributed by atoms with Gasteiger partial charge in [-0.25, -0.2) is 0 Å². The Kier molecular flexibility index (Phi) is 3.56. The summed E-state index contributed by atoms with van der Waals surface area (Å²) in [7, 11) is 0. The van der Waals surface area contributed by atoms with Crippen molar-refractivity contribution in [1.82, 2.24) is 0 Å². The minimum atomic E-state index is -0.723. The predicted octanol–water partition coefficient (Wildman–Crippen LogP) is 4.95. The quantitative estimate of drug-likeness (QED) is 0.736. The number of benzene rings is 2. The Hall–Kier alpha value is -2.06. The van der Waals surface area contributed by atoms with Crippen LogP contribution in [-0.4, -0.2) is 5.11 Å². The molecule has 2 aromatic carbocycles. The summed E-state index contributed by atoms with van der Waals surface area (Å²) >= 11 is 0. The van der Waals surface area contributed by atoms with Gasteiger partial charge in [0.1, 0.15) is 17.4 Å². The Bertz CT molecular complexity index is 751. The van der Waals surface area contributed by atoms with Crippen LogP contribution in [0.15, 0.2) is 52.9 Å². The van der Waals surface area contributed by atoms with Gasteiger partial charge in [0, 0.05) is 5.39 Å². The highest BCUT2D eigenvalue weighted by atomic mass is 16.4. The lowest BCUT2D eigenvalue weighted by Crippen LogP contribution is -1.98. The van der Waals surface area contributed by atoms with Crippen molar-refractivity contribution in [1.29, 1.82) is 0 Å². The molecule has 0 saturated heterocycles. The topological polar surface area (TPSA) is 33.4 Å². The molecule has 1 N–H and O–H groups in total. The average molecular weight is 280 g/mol. The van der Waals surface area contributed by atoms with Gasteiger partial charge in [-0.15, -0.1) is 0 Å². The van der Waals surface area contributed by atoms with Crippen LogP contribution in [0, 0.1) is 6.92 Å². The Labute approximate surface area is 125 Å². The van der Waals surface area contributed by atoms with Gasteiger partial charge >= 0.3 is 0 Å². The Morgan fingerprint density at radius 1 is 0.905 bits per heavy atom. The van der Waals surface area contributed by atoms with Crippen molar-refractivity contribution in [2.45, 2.75) is 32.8 Å². The van der Waals surface area contributed by atoms with E-state index < -0.39 is 6.10 Å². The summed E-state index contributed by atoms with van der Waals surface area (Å²) in [6.07, 6.45) is -0.723.